The van der Waals surface area contributed by atoms with Gasteiger partial charge in [0.2, 0.25) is 21.8 Å². The number of amides is 2. The minimum Gasteiger partial charge on any atom is -0.387 e. The van der Waals surface area contributed by atoms with Crippen molar-refractivity contribution < 1.29 is 23.1 Å². The third-order valence-electron chi connectivity index (χ3n) is 6.24. The van der Waals surface area contributed by atoms with E-state index >= 15 is 0 Å². The van der Waals surface area contributed by atoms with Crippen molar-refractivity contribution in [1.82, 2.24) is 15.4 Å². The lowest BCUT2D eigenvalue weighted by atomic mass is 9.81. The first-order valence-electron chi connectivity index (χ1n) is 11.6. The number of sulfonamides is 1. The largest absolute Gasteiger partial charge is 0.387 e. The zero-order chi connectivity index (χ0) is 24.6. The van der Waals surface area contributed by atoms with Crippen LogP contribution in [0.3, 0.4) is 0 Å². The molecule has 2 atom stereocenters. The second-order valence-corrected chi connectivity index (χ2v) is 10.6. The molecule has 1 fully saturated rings. The first kappa shape index (κ1) is 25.9. The summed E-state index contributed by atoms with van der Waals surface area (Å²) in [6.45, 7) is 2.02. The SMILES string of the molecule is C[C@@H](NC(=O)C1CCC(CNS(=O)(=O)c2ccccc2)CC1)C(=O)NC[C@@H](O)c1ccccc1. The molecular formula is C25H33N3O5S. The van der Waals surface area contributed by atoms with Gasteiger partial charge in [0, 0.05) is 19.0 Å². The van der Waals surface area contributed by atoms with Gasteiger partial charge in [0.15, 0.2) is 0 Å². The molecule has 0 bridgehead atoms. The molecule has 3 rings (SSSR count). The zero-order valence-electron chi connectivity index (χ0n) is 19.3. The molecule has 0 aromatic heterocycles. The summed E-state index contributed by atoms with van der Waals surface area (Å²) in [6.07, 6.45) is 1.94. The van der Waals surface area contributed by atoms with Gasteiger partial charge in [-0.25, -0.2) is 13.1 Å². The molecular weight excluding hydrogens is 454 g/mol. The number of benzene rings is 2. The summed E-state index contributed by atoms with van der Waals surface area (Å²) >= 11 is 0. The molecule has 2 amide bonds. The molecule has 8 nitrogen and oxygen atoms in total. The second kappa shape index (κ2) is 12.1. The van der Waals surface area contributed by atoms with Crippen molar-refractivity contribution in [2.75, 3.05) is 13.1 Å². The fourth-order valence-electron chi connectivity index (χ4n) is 4.08. The van der Waals surface area contributed by atoms with E-state index in [2.05, 4.69) is 15.4 Å². The maximum atomic E-state index is 12.6. The van der Waals surface area contributed by atoms with Gasteiger partial charge in [0.05, 0.1) is 11.0 Å². The van der Waals surface area contributed by atoms with Crippen LogP contribution in [0.15, 0.2) is 65.6 Å². The van der Waals surface area contributed by atoms with Crippen molar-refractivity contribution in [3.05, 3.63) is 66.2 Å². The van der Waals surface area contributed by atoms with Gasteiger partial charge in [-0.1, -0.05) is 48.5 Å². The van der Waals surface area contributed by atoms with Gasteiger partial charge >= 0.3 is 0 Å². The molecule has 0 aliphatic heterocycles. The fourth-order valence-corrected chi connectivity index (χ4v) is 5.22. The smallest absolute Gasteiger partial charge is 0.242 e. The predicted octanol–water partition coefficient (Wildman–Crippen LogP) is 2.13. The summed E-state index contributed by atoms with van der Waals surface area (Å²) in [4.78, 5) is 25.2. The Balaban J connectivity index is 1.38. The number of aliphatic hydroxyl groups is 1. The predicted molar refractivity (Wildman–Crippen MR) is 129 cm³/mol. The van der Waals surface area contributed by atoms with E-state index in [4.69, 9.17) is 0 Å². The van der Waals surface area contributed by atoms with E-state index in [1.54, 1.807) is 49.4 Å². The number of hydrogen-bond donors (Lipinski definition) is 4. The molecule has 1 aliphatic carbocycles. The van der Waals surface area contributed by atoms with Crippen LogP contribution >= 0.6 is 0 Å². The molecule has 0 spiro atoms. The number of carbonyl (C=O) groups is 2. The highest BCUT2D eigenvalue weighted by Gasteiger charge is 2.29. The number of hydrogen-bond acceptors (Lipinski definition) is 5. The second-order valence-electron chi connectivity index (χ2n) is 8.78. The van der Waals surface area contributed by atoms with Crippen LogP contribution in [0.4, 0.5) is 0 Å². The Morgan fingerprint density at radius 2 is 1.56 bits per heavy atom. The topological polar surface area (TPSA) is 125 Å². The minimum atomic E-state index is -3.54. The van der Waals surface area contributed by atoms with Crippen LogP contribution in [0.25, 0.3) is 0 Å². The van der Waals surface area contributed by atoms with Crippen LogP contribution in [0.1, 0.15) is 44.3 Å². The number of nitrogens with one attached hydrogen (secondary N) is 3. The summed E-state index contributed by atoms with van der Waals surface area (Å²) in [7, 11) is -3.54. The third kappa shape index (κ3) is 7.38. The standard InChI is InChI=1S/C25H33N3O5S/c1-18(24(30)26-17-23(29)20-8-4-2-5-9-20)28-25(31)21-14-12-19(13-15-21)16-27-34(32,33)22-10-6-3-7-11-22/h2-11,18-19,21,23,27,29H,12-17H2,1H3,(H,26,30)(H,28,31)/t18-,19?,21?,23-/m1/s1. The summed E-state index contributed by atoms with van der Waals surface area (Å²) < 4.78 is 27.4. The number of aliphatic hydroxyl groups excluding tert-OH is 1. The highest BCUT2D eigenvalue weighted by atomic mass is 32.2. The van der Waals surface area contributed by atoms with Crippen LogP contribution in [-0.2, 0) is 19.6 Å². The van der Waals surface area contributed by atoms with E-state index in [0.29, 0.717) is 24.9 Å². The van der Waals surface area contributed by atoms with Gasteiger partial charge in [-0.2, -0.15) is 0 Å². The van der Waals surface area contributed by atoms with Crippen LogP contribution in [0.2, 0.25) is 0 Å². The molecule has 0 saturated heterocycles. The third-order valence-corrected chi connectivity index (χ3v) is 7.68. The number of carbonyl (C=O) groups excluding carboxylic acids is 2. The van der Waals surface area contributed by atoms with Crippen molar-refractivity contribution in [3.8, 4) is 0 Å². The Labute approximate surface area is 201 Å². The first-order valence-corrected chi connectivity index (χ1v) is 13.1. The molecule has 0 radical (unpaired) electrons. The van der Waals surface area contributed by atoms with Crippen molar-refractivity contribution in [3.63, 3.8) is 0 Å². The van der Waals surface area contributed by atoms with Crippen LogP contribution in [0.5, 0.6) is 0 Å². The summed E-state index contributed by atoms with van der Waals surface area (Å²) in [5, 5.41) is 15.6. The fraction of sp³-hybridized carbons (Fsp3) is 0.440. The van der Waals surface area contributed by atoms with Gasteiger partial charge in [-0.15, -0.1) is 0 Å². The Morgan fingerprint density at radius 3 is 2.18 bits per heavy atom. The maximum absolute atomic E-state index is 12.6. The van der Waals surface area contributed by atoms with Gasteiger partial charge in [0.1, 0.15) is 6.04 Å². The Hall–Kier alpha value is -2.75. The average molecular weight is 488 g/mol. The molecule has 1 aliphatic rings. The van der Waals surface area contributed by atoms with Crippen molar-refractivity contribution >= 4 is 21.8 Å². The molecule has 1 saturated carbocycles. The summed E-state index contributed by atoms with van der Waals surface area (Å²) in [5.74, 6) is -0.559. The minimum absolute atomic E-state index is 0.0626. The zero-order valence-corrected chi connectivity index (χ0v) is 20.1. The molecule has 2 aromatic carbocycles. The normalized spacial score (nSPS) is 20.2. The molecule has 4 N–H and O–H groups in total. The van der Waals surface area contributed by atoms with Gasteiger partial charge < -0.3 is 15.7 Å². The molecule has 0 heterocycles. The van der Waals surface area contributed by atoms with Crippen molar-refractivity contribution in [2.24, 2.45) is 11.8 Å². The summed E-state index contributed by atoms with van der Waals surface area (Å²) in [5.41, 5.74) is 0.710. The quantitative estimate of drug-likeness (QED) is 0.409. The Kier molecular flexibility index (Phi) is 9.20. The summed E-state index contributed by atoms with van der Waals surface area (Å²) in [6, 6.07) is 16.6. The van der Waals surface area contributed by atoms with Crippen LogP contribution in [-0.4, -0.2) is 44.5 Å². The van der Waals surface area contributed by atoms with Crippen molar-refractivity contribution in [1.29, 1.82) is 0 Å². The Morgan fingerprint density at radius 1 is 0.971 bits per heavy atom. The molecule has 0 unspecified atom stereocenters. The van der Waals surface area contributed by atoms with E-state index in [9.17, 15) is 23.1 Å². The average Bonchev–Trinajstić information content (AvgIpc) is 2.87. The highest BCUT2D eigenvalue weighted by molar-refractivity contribution is 7.89. The van der Waals surface area contributed by atoms with E-state index < -0.39 is 22.2 Å². The molecule has 184 valence electrons. The van der Waals surface area contributed by atoms with Crippen LogP contribution in [0, 0.1) is 11.8 Å². The monoisotopic (exact) mass is 487 g/mol. The maximum Gasteiger partial charge on any atom is 0.242 e. The highest BCUT2D eigenvalue weighted by Crippen LogP contribution is 2.29. The van der Waals surface area contributed by atoms with Crippen molar-refractivity contribution in [2.45, 2.75) is 49.6 Å². The van der Waals surface area contributed by atoms with E-state index in [1.807, 2.05) is 18.2 Å². The van der Waals surface area contributed by atoms with E-state index in [1.165, 1.54) is 0 Å². The molecule has 34 heavy (non-hydrogen) atoms. The van der Waals surface area contributed by atoms with E-state index in [0.717, 1.165) is 12.8 Å². The van der Waals surface area contributed by atoms with Gasteiger partial charge in [-0.05, 0) is 56.2 Å². The lowest BCUT2D eigenvalue weighted by Crippen LogP contribution is -2.48. The first-order chi connectivity index (χ1) is 16.3. The van der Waals surface area contributed by atoms with Gasteiger partial charge in [-0.3, -0.25) is 9.59 Å². The van der Waals surface area contributed by atoms with Gasteiger partial charge in [0.25, 0.3) is 0 Å². The molecule has 2 aromatic rings. The Bertz CT molecular complexity index is 1040. The lowest BCUT2D eigenvalue weighted by molar-refractivity contribution is -0.131. The number of rotatable bonds is 10. The van der Waals surface area contributed by atoms with E-state index in [-0.39, 0.29) is 35.1 Å². The lowest BCUT2D eigenvalue weighted by Gasteiger charge is -2.28. The van der Waals surface area contributed by atoms with Crippen LogP contribution < -0.4 is 15.4 Å². The molecule has 9 heteroatoms.